The molecule has 2 amide bonds. The first kappa shape index (κ1) is 17.3. The average Bonchev–Trinajstić information content (AvgIpc) is 2.68. The van der Waals surface area contributed by atoms with Gasteiger partial charge in [0, 0.05) is 11.8 Å². The fraction of sp³-hybridized carbons (Fsp3) is 0.100. The number of urea groups is 1. The van der Waals surface area contributed by atoms with E-state index in [1.807, 2.05) is 67.6 Å². The smallest absolute Gasteiger partial charge is 0.333 e. The van der Waals surface area contributed by atoms with Crippen molar-refractivity contribution in [2.75, 3.05) is 5.43 Å². The summed E-state index contributed by atoms with van der Waals surface area (Å²) in [4.78, 5) is 16.2. The fourth-order valence-electron chi connectivity index (χ4n) is 2.41. The van der Waals surface area contributed by atoms with Gasteiger partial charge in [0.05, 0.1) is 6.04 Å². The van der Waals surface area contributed by atoms with E-state index in [9.17, 15) is 4.79 Å². The first-order valence-corrected chi connectivity index (χ1v) is 8.28. The molecule has 3 rings (SSSR count). The molecule has 0 spiro atoms. The van der Waals surface area contributed by atoms with E-state index in [1.165, 1.54) is 0 Å². The molecule has 132 valence electrons. The Hall–Kier alpha value is -3.54. The second-order valence-corrected chi connectivity index (χ2v) is 5.61. The van der Waals surface area contributed by atoms with Gasteiger partial charge in [-0.25, -0.2) is 9.78 Å². The maximum Gasteiger partial charge on any atom is 0.333 e. The van der Waals surface area contributed by atoms with Crippen molar-refractivity contribution in [1.29, 1.82) is 0 Å². The van der Waals surface area contributed by atoms with Crippen LogP contribution < -0.4 is 20.9 Å². The molecular formula is C20H20N4O2. The van der Waals surface area contributed by atoms with Crippen LogP contribution in [0.5, 0.6) is 11.5 Å². The minimum Gasteiger partial charge on any atom is -0.457 e. The van der Waals surface area contributed by atoms with Crippen molar-refractivity contribution in [3.05, 3.63) is 84.6 Å². The van der Waals surface area contributed by atoms with Gasteiger partial charge in [-0.05, 0) is 37.3 Å². The minimum atomic E-state index is -0.363. The second kappa shape index (κ2) is 8.53. The summed E-state index contributed by atoms with van der Waals surface area (Å²) in [6, 6.07) is 21.9. The van der Waals surface area contributed by atoms with Gasteiger partial charge in [-0.3, -0.25) is 10.9 Å². The van der Waals surface area contributed by atoms with Crippen LogP contribution >= 0.6 is 0 Å². The lowest BCUT2D eigenvalue weighted by Gasteiger charge is -2.18. The Morgan fingerprint density at radius 1 is 0.962 bits per heavy atom. The highest BCUT2D eigenvalue weighted by Gasteiger charge is 2.14. The van der Waals surface area contributed by atoms with Gasteiger partial charge < -0.3 is 10.1 Å². The number of anilines is 1. The van der Waals surface area contributed by atoms with Crippen molar-refractivity contribution in [3.8, 4) is 11.5 Å². The molecule has 0 aliphatic heterocycles. The summed E-state index contributed by atoms with van der Waals surface area (Å²) in [5, 5.41) is 2.87. The highest BCUT2D eigenvalue weighted by atomic mass is 16.5. The summed E-state index contributed by atoms with van der Waals surface area (Å²) in [5.74, 6) is 2.00. The SMILES string of the molecule is CC(NC(=O)NNc1ccccn1)c1ccccc1Oc1ccccc1. The normalized spacial score (nSPS) is 11.3. The van der Waals surface area contributed by atoms with E-state index in [1.54, 1.807) is 18.3 Å². The average molecular weight is 348 g/mol. The van der Waals surface area contributed by atoms with Crippen LogP contribution in [0.3, 0.4) is 0 Å². The van der Waals surface area contributed by atoms with E-state index in [2.05, 4.69) is 21.2 Å². The number of nitrogens with one attached hydrogen (secondary N) is 3. The van der Waals surface area contributed by atoms with Crippen molar-refractivity contribution >= 4 is 11.8 Å². The van der Waals surface area contributed by atoms with Crippen LogP contribution in [0.15, 0.2) is 79.0 Å². The number of carbonyl (C=O) groups is 1. The molecule has 6 nitrogen and oxygen atoms in total. The van der Waals surface area contributed by atoms with Crippen LogP contribution in [0.2, 0.25) is 0 Å². The van der Waals surface area contributed by atoms with Crippen LogP contribution in [0.4, 0.5) is 10.6 Å². The molecule has 0 bridgehead atoms. The van der Waals surface area contributed by atoms with Crippen LogP contribution in [0, 0.1) is 0 Å². The minimum absolute atomic E-state index is 0.250. The second-order valence-electron chi connectivity index (χ2n) is 5.61. The molecule has 0 aliphatic rings. The Morgan fingerprint density at radius 3 is 2.46 bits per heavy atom. The van der Waals surface area contributed by atoms with Gasteiger partial charge in [0.25, 0.3) is 0 Å². The molecule has 1 aromatic heterocycles. The van der Waals surface area contributed by atoms with Crippen molar-refractivity contribution in [2.45, 2.75) is 13.0 Å². The van der Waals surface area contributed by atoms with Crippen LogP contribution in [0.1, 0.15) is 18.5 Å². The molecule has 3 N–H and O–H groups in total. The van der Waals surface area contributed by atoms with Crippen LogP contribution in [-0.2, 0) is 0 Å². The first-order chi connectivity index (χ1) is 12.7. The molecule has 26 heavy (non-hydrogen) atoms. The number of amides is 2. The van der Waals surface area contributed by atoms with Crippen molar-refractivity contribution < 1.29 is 9.53 Å². The number of nitrogens with zero attached hydrogens (tertiary/aromatic N) is 1. The number of para-hydroxylation sites is 2. The predicted octanol–water partition coefficient (Wildman–Crippen LogP) is 4.26. The number of carbonyl (C=O) groups excluding carboxylic acids is 1. The highest BCUT2D eigenvalue weighted by Crippen LogP contribution is 2.29. The quantitative estimate of drug-likeness (QED) is 0.582. The molecule has 0 saturated heterocycles. The van der Waals surface area contributed by atoms with Gasteiger partial charge in [-0.2, -0.15) is 0 Å². The zero-order chi connectivity index (χ0) is 18.2. The Bertz CT molecular complexity index is 841. The van der Waals surface area contributed by atoms with Gasteiger partial charge in [0.2, 0.25) is 0 Å². The highest BCUT2D eigenvalue weighted by molar-refractivity contribution is 5.75. The number of pyridine rings is 1. The molecule has 1 heterocycles. The van der Waals surface area contributed by atoms with Gasteiger partial charge in [-0.15, -0.1) is 0 Å². The lowest BCUT2D eigenvalue weighted by Crippen LogP contribution is -2.40. The number of hydrogen-bond donors (Lipinski definition) is 3. The van der Waals surface area contributed by atoms with Crippen molar-refractivity contribution in [1.82, 2.24) is 15.7 Å². The lowest BCUT2D eigenvalue weighted by atomic mass is 10.1. The molecule has 2 aromatic carbocycles. The molecule has 1 unspecified atom stereocenters. The third-order valence-corrected chi connectivity index (χ3v) is 3.67. The monoisotopic (exact) mass is 348 g/mol. The largest absolute Gasteiger partial charge is 0.457 e. The Labute approximate surface area is 152 Å². The van der Waals surface area contributed by atoms with E-state index in [0.29, 0.717) is 11.6 Å². The lowest BCUT2D eigenvalue weighted by molar-refractivity contribution is 0.239. The molecule has 0 fully saturated rings. The molecule has 6 heteroatoms. The molecule has 3 aromatic rings. The molecule has 0 saturated carbocycles. The number of rotatable bonds is 6. The topological polar surface area (TPSA) is 75.3 Å². The maximum absolute atomic E-state index is 12.1. The number of ether oxygens (including phenoxy) is 1. The summed E-state index contributed by atoms with van der Waals surface area (Å²) in [6.45, 7) is 1.90. The first-order valence-electron chi connectivity index (χ1n) is 8.28. The summed E-state index contributed by atoms with van der Waals surface area (Å²) in [5.41, 5.74) is 6.20. The fourth-order valence-corrected chi connectivity index (χ4v) is 2.41. The van der Waals surface area contributed by atoms with E-state index >= 15 is 0 Å². The standard InChI is InChI=1S/C20H20N4O2/c1-15(22-20(25)24-23-19-13-7-8-14-21-19)17-11-5-6-12-18(17)26-16-9-3-2-4-10-16/h2-15H,1H3,(H,21,23)(H2,22,24,25). The Balaban J connectivity index is 1.62. The van der Waals surface area contributed by atoms with Gasteiger partial charge in [0.15, 0.2) is 0 Å². The summed E-state index contributed by atoms with van der Waals surface area (Å²) < 4.78 is 5.94. The van der Waals surface area contributed by atoms with E-state index < -0.39 is 0 Å². The zero-order valence-electron chi connectivity index (χ0n) is 14.3. The third kappa shape index (κ3) is 4.73. The Kier molecular flexibility index (Phi) is 5.67. The van der Waals surface area contributed by atoms with Crippen LogP contribution in [0.25, 0.3) is 0 Å². The van der Waals surface area contributed by atoms with Crippen molar-refractivity contribution in [3.63, 3.8) is 0 Å². The third-order valence-electron chi connectivity index (χ3n) is 3.67. The van der Waals surface area contributed by atoms with E-state index in [-0.39, 0.29) is 12.1 Å². The Morgan fingerprint density at radius 2 is 1.69 bits per heavy atom. The number of hydrogen-bond acceptors (Lipinski definition) is 4. The number of hydrazine groups is 1. The molecular weight excluding hydrogens is 328 g/mol. The molecule has 0 radical (unpaired) electrons. The summed E-state index contributed by atoms with van der Waals surface area (Å²) >= 11 is 0. The zero-order valence-corrected chi connectivity index (χ0v) is 14.3. The maximum atomic E-state index is 12.1. The summed E-state index contributed by atoms with van der Waals surface area (Å²) in [7, 11) is 0. The van der Waals surface area contributed by atoms with Crippen molar-refractivity contribution in [2.24, 2.45) is 0 Å². The van der Waals surface area contributed by atoms with E-state index in [4.69, 9.17) is 4.74 Å². The van der Waals surface area contributed by atoms with Gasteiger partial charge >= 0.3 is 6.03 Å². The predicted molar refractivity (Wildman–Crippen MR) is 101 cm³/mol. The number of aromatic nitrogens is 1. The molecule has 1 atom stereocenters. The molecule has 0 aliphatic carbocycles. The van der Waals surface area contributed by atoms with Crippen LogP contribution in [-0.4, -0.2) is 11.0 Å². The number of benzene rings is 2. The summed E-state index contributed by atoms with van der Waals surface area (Å²) in [6.07, 6.45) is 1.64. The van der Waals surface area contributed by atoms with Gasteiger partial charge in [-0.1, -0.05) is 42.5 Å². The van der Waals surface area contributed by atoms with Gasteiger partial charge in [0.1, 0.15) is 17.3 Å². The van der Waals surface area contributed by atoms with E-state index in [0.717, 1.165) is 11.3 Å².